The number of benzene rings is 2. The maximum Gasteiger partial charge on any atom is 0.257 e. The molecule has 6 heteroatoms. The van der Waals surface area contributed by atoms with E-state index < -0.39 is 5.91 Å². The van der Waals surface area contributed by atoms with Crippen molar-refractivity contribution in [2.24, 2.45) is 5.73 Å². The number of carbonyl (C=O) groups excluding carboxylic acids is 2. The molecule has 2 aromatic rings. The minimum absolute atomic E-state index is 0.103. The molecular formula is C20H22N2O4. The van der Waals surface area contributed by atoms with Gasteiger partial charge in [0, 0.05) is 13.1 Å². The molecule has 3 rings (SSSR count). The van der Waals surface area contributed by atoms with Crippen molar-refractivity contribution in [1.29, 1.82) is 0 Å². The van der Waals surface area contributed by atoms with E-state index in [0.717, 1.165) is 12.8 Å². The summed E-state index contributed by atoms with van der Waals surface area (Å²) in [6, 6.07) is 14.1. The number of hydrogen-bond acceptors (Lipinski definition) is 4. The van der Waals surface area contributed by atoms with Gasteiger partial charge in [-0.2, -0.15) is 0 Å². The second-order valence-corrected chi connectivity index (χ2v) is 6.41. The van der Waals surface area contributed by atoms with Crippen LogP contribution in [0.4, 0.5) is 0 Å². The van der Waals surface area contributed by atoms with Crippen LogP contribution in [-0.2, 0) is 4.79 Å². The van der Waals surface area contributed by atoms with E-state index in [1.54, 1.807) is 36.4 Å². The molecule has 0 aromatic heterocycles. The zero-order chi connectivity index (χ0) is 18.5. The number of ether oxygens (including phenoxy) is 1. The molecule has 1 fully saturated rings. The Morgan fingerprint density at radius 3 is 2.38 bits per heavy atom. The van der Waals surface area contributed by atoms with Crippen molar-refractivity contribution < 1.29 is 19.4 Å². The summed E-state index contributed by atoms with van der Waals surface area (Å²) in [5, 5.41) is 9.41. The van der Waals surface area contributed by atoms with Crippen molar-refractivity contribution in [2.45, 2.75) is 18.8 Å². The van der Waals surface area contributed by atoms with Gasteiger partial charge < -0.3 is 20.5 Å². The zero-order valence-corrected chi connectivity index (χ0v) is 14.4. The Labute approximate surface area is 152 Å². The highest BCUT2D eigenvalue weighted by molar-refractivity contribution is 5.97. The molecule has 1 heterocycles. The number of phenolic OH excluding ortho intramolecular Hbond substituents is 1. The lowest BCUT2D eigenvalue weighted by Gasteiger charge is -2.32. The molecule has 0 aliphatic carbocycles. The Morgan fingerprint density at radius 2 is 1.73 bits per heavy atom. The number of amides is 2. The number of nitrogens with zero attached hydrogens (tertiary/aromatic N) is 1. The highest BCUT2D eigenvalue weighted by Crippen LogP contribution is 2.30. The van der Waals surface area contributed by atoms with Crippen molar-refractivity contribution in [3.63, 3.8) is 0 Å². The topological polar surface area (TPSA) is 92.9 Å². The lowest BCUT2D eigenvalue weighted by Crippen LogP contribution is -2.38. The molecule has 0 radical (unpaired) electrons. The number of hydrogen-bond donors (Lipinski definition) is 2. The van der Waals surface area contributed by atoms with Crippen LogP contribution in [0.15, 0.2) is 48.5 Å². The molecule has 6 nitrogen and oxygen atoms in total. The molecular weight excluding hydrogens is 332 g/mol. The lowest BCUT2D eigenvalue weighted by atomic mass is 9.89. The first-order valence-electron chi connectivity index (χ1n) is 8.63. The number of primary amides is 1. The minimum Gasteiger partial charge on any atom is -0.508 e. The van der Waals surface area contributed by atoms with Gasteiger partial charge in [0.25, 0.3) is 11.8 Å². The molecule has 0 saturated carbocycles. The molecule has 136 valence electrons. The molecule has 2 amide bonds. The third-order valence-corrected chi connectivity index (χ3v) is 4.63. The molecule has 1 aliphatic rings. The van der Waals surface area contributed by atoms with E-state index in [1.165, 1.54) is 5.56 Å². The van der Waals surface area contributed by atoms with Crippen LogP contribution >= 0.6 is 0 Å². The zero-order valence-electron chi connectivity index (χ0n) is 14.4. The largest absolute Gasteiger partial charge is 0.508 e. The van der Waals surface area contributed by atoms with Crippen LogP contribution in [0.5, 0.6) is 11.5 Å². The number of phenols is 1. The molecule has 0 spiro atoms. The number of piperidine rings is 1. The van der Waals surface area contributed by atoms with Gasteiger partial charge in [-0.25, -0.2) is 0 Å². The van der Waals surface area contributed by atoms with Gasteiger partial charge in [0.15, 0.2) is 6.61 Å². The highest BCUT2D eigenvalue weighted by Gasteiger charge is 2.26. The summed E-state index contributed by atoms with van der Waals surface area (Å²) in [4.78, 5) is 25.6. The molecule has 1 aliphatic heterocycles. The van der Waals surface area contributed by atoms with Gasteiger partial charge in [-0.3, -0.25) is 9.59 Å². The van der Waals surface area contributed by atoms with Crippen molar-refractivity contribution in [1.82, 2.24) is 4.90 Å². The number of rotatable bonds is 5. The second-order valence-electron chi connectivity index (χ2n) is 6.41. The summed E-state index contributed by atoms with van der Waals surface area (Å²) >= 11 is 0. The summed E-state index contributed by atoms with van der Waals surface area (Å²) in [7, 11) is 0. The first-order valence-corrected chi connectivity index (χ1v) is 8.63. The van der Waals surface area contributed by atoms with Crippen molar-refractivity contribution in [3.8, 4) is 11.5 Å². The Kier molecular flexibility index (Phi) is 5.41. The molecule has 3 N–H and O–H groups in total. The van der Waals surface area contributed by atoms with Crippen LogP contribution in [0, 0.1) is 0 Å². The van der Waals surface area contributed by atoms with E-state index in [4.69, 9.17) is 10.5 Å². The maximum atomic E-state index is 12.8. The van der Waals surface area contributed by atoms with Gasteiger partial charge in [0.05, 0.1) is 5.56 Å². The lowest BCUT2D eigenvalue weighted by molar-refractivity contribution is -0.119. The van der Waals surface area contributed by atoms with Crippen molar-refractivity contribution in [3.05, 3.63) is 59.7 Å². The fourth-order valence-corrected chi connectivity index (χ4v) is 3.25. The van der Waals surface area contributed by atoms with Crippen LogP contribution in [0.1, 0.15) is 34.7 Å². The summed E-state index contributed by atoms with van der Waals surface area (Å²) in [6.45, 7) is 1.04. The van der Waals surface area contributed by atoms with E-state index in [-0.39, 0.29) is 18.3 Å². The van der Waals surface area contributed by atoms with Gasteiger partial charge in [-0.1, -0.05) is 24.3 Å². The van der Waals surface area contributed by atoms with E-state index in [2.05, 4.69) is 0 Å². The number of para-hydroxylation sites is 1. The normalized spacial score (nSPS) is 14.8. The number of nitrogens with two attached hydrogens (primary N) is 1. The second kappa shape index (κ2) is 7.91. The molecule has 2 aromatic carbocycles. The average molecular weight is 354 g/mol. The summed E-state index contributed by atoms with van der Waals surface area (Å²) in [5.41, 5.74) is 6.74. The first-order chi connectivity index (χ1) is 12.5. The number of carbonyl (C=O) groups is 2. The van der Waals surface area contributed by atoms with Crippen LogP contribution in [0.3, 0.4) is 0 Å². The van der Waals surface area contributed by atoms with E-state index in [9.17, 15) is 14.7 Å². The van der Waals surface area contributed by atoms with Crippen LogP contribution in [0.2, 0.25) is 0 Å². The first kappa shape index (κ1) is 17.8. The fraction of sp³-hybridized carbons (Fsp3) is 0.300. The highest BCUT2D eigenvalue weighted by atomic mass is 16.5. The monoisotopic (exact) mass is 354 g/mol. The Balaban J connectivity index is 1.65. The standard InChI is InChI=1S/C20H22N2O4/c21-19(24)13-26-18-4-2-1-3-17(18)20(25)22-11-9-15(10-12-22)14-5-7-16(23)8-6-14/h1-8,15,23H,9-13H2,(H2,21,24). The van der Waals surface area contributed by atoms with Gasteiger partial charge in [-0.05, 0) is 48.6 Å². The maximum absolute atomic E-state index is 12.8. The Morgan fingerprint density at radius 1 is 1.08 bits per heavy atom. The van der Waals surface area contributed by atoms with Gasteiger partial charge in [0.1, 0.15) is 11.5 Å². The molecule has 0 unspecified atom stereocenters. The molecule has 0 atom stereocenters. The van der Waals surface area contributed by atoms with Gasteiger partial charge in [-0.15, -0.1) is 0 Å². The minimum atomic E-state index is -0.582. The van der Waals surface area contributed by atoms with Crippen LogP contribution < -0.4 is 10.5 Å². The summed E-state index contributed by atoms with van der Waals surface area (Å²) in [5.74, 6) is 0.322. The van der Waals surface area contributed by atoms with Gasteiger partial charge in [0.2, 0.25) is 0 Å². The number of aromatic hydroxyl groups is 1. The van der Waals surface area contributed by atoms with Crippen molar-refractivity contribution >= 4 is 11.8 Å². The van der Waals surface area contributed by atoms with E-state index >= 15 is 0 Å². The fourth-order valence-electron chi connectivity index (χ4n) is 3.25. The number of likely N-dealkylation sites (tertiary alicyclic amines) is 1. The molecule has 26 heavy (non-hydrogen) atoms. The third-order valence-electron chi connectivity index (χ3n) is 4.63. The summed E-state index contributed by atoms with van der Waals surface area (Å²) in [6.07, 6.45) is 1.72. The van der Waals surface area contributed by atoms with Crippen molar-refractivity contribution in [2.75, 3.05) is 19.7 Å². The molecule has 1 saturated heterocycles. The predicted octanol–water partition coefficient (Wildman–Crippen LogP) is 2.28. The van der Waals surface area contributed by atoms with Crippen LogP contribution in [-0.4, -0.2) is 41.5 Å². The van der Waals surface area contributed by atoms with E-state index in [0.29, 0.717) is 30.3 Å². The Bertz CT molecular complexity index is 781. The van der Waals surface area contributed by atoms with Crippen LogP contribution in [0.25, 0.3) is 0 Å². The summed E-state index contributed by atoms with van der Waals surface area (Å²) < 4.78 is 5.37. The average Bonchev–Trinajstić information content (AvgIpc) is 2.67. The SMILES string of the molecule is NC(=O)COc1ccccc1C(=O)N1CCC(c2ccc(O)cc2)CC1. The quantitative estimate of drug-likeness (QED) is 0.861. The Hall–Kier alpha value is -3.02. The van der Waals surface area contributed by atoms with Gasteiger partial charge >= 0.3 is 0 Å². The third kappa shape index (κ3) is 4.14. The molecule has 0 bridgehead atoms. The van der Waals surface area contributed by atoms with E-state index in [1.807, 2.05) is 17.0 Å². The predicted molar refractivity (Wildman–Crippen MR) is 97.1 cm³/mol. The smallest absolute Gasteiger partial charge is 0.257 e.